The number of carbonyl (C=O) groups excluding carboxylic acids is 1. The molecule has 2 aromatic heterocycles. The smallest absolute Gasteiger partial charge is 0.274 e. The zero-order valence-electron chi connectivity index (χ0n) is 12.2. The summed E-state index contributed by atoms with van der Waals surface area (Å²) in [5, 5.41) is 2.83. The minimum Gasteiger partial charge on any atom is -0.493 e. The van der Waals surface area contributed by atoms with Gasteiger partial charge < -0.3 is 14.8 Å². The lowest BCUT2D eigenvalue weighted by molar-refractivity contribution is 0.102. The summed E-state index contributed by atoms with van der Waals surface area (Å²) in [6, 6.07) is 10.8. The topological polar surface area (TPSA) is 64.9 Å². The molecular weight excluding hydrogens is 282 g/mol. The van der Waals surface area contributed by atoms with Crippen LogP contribution >= 0.6 is 0 Å². The van der Waals surface area contributed by atoms with Crippen molar-refractivity contribution in [2.75, 3.05) is 19.5 Å². The number of nitrogens with zero attached hydrogens (tertiary/aromatic N) is 2. The SMILES string of the molecule is COc1ccc(NC(=O)c2cnc3ccccn23)cc1OC. The molecule has 6 nitrogen and oxygen atoms in total. The molecule has 0 atom stereocenters. The Morgan fingerprint density at radius 1 is 1.14 bits per heavy atom. The first-order valence-electron chi connectivity index (χ1n) is 6.68. The summed E-state index contributed by atoms with van der Waals surface area (Å²) in [4.78, 5) is 16.6. The maximum Gasteiger partial charge on any atom is 0.274 e. The predicted molar refractivity (Wildman–Crippen MR) is 82.7 cm³/mol. The van der Waals surface area contributed by atoms with Crippen molar-refractivity contribution >= 4 is 17.2 Å². The Morgan fingerprint density at radius 2 is 1.95 bits per heavy atom. The second kappa shape index (κ2) is 5.77. The van der Waals surface area contributed by atoms with Gasteiger partial charge in [0.2, 0.25) is 0 Å². The van der Waals surface area contributed by atoms with E-state index in [2.05, 4.69) is 10.3 Å². The van der Waals surface area contributed by atoms with Gasteiger partial charge in [-0.3, -0.25) is 9.20 Å². The molecular formula is C16H15N3O3. The van der Waals surface area contributed by atoms with Crippen LogP contribution < -0.4 is 14.8 Å². The minimum atomic E-state index is -0.245. The average molecular weight is 297 g/mol. The third-order valence-corrected chi connectivity index (χ3v) is 3.29. The monoisotopic (exact) mass is 297 g/mol. The highest BCUT2D eigenvalue weighted by Gasteiger charge is 2.13. The fraction of sp³-hybridized carbons (Fsp3) is 0.125. The van der Waals surface area contributed by atoms with E-state index in [-0.39, 0.29) is 5.91 Å². The zero-order valence-corrected chi connectivity index (χ0v) is 12.2. The van der Waals surface area contributed by atoms with Crippen molar-refractivity contribution in [1.29, 1.82) is 0 Å². The molecule has 1 N–H and O–H groups in total. The highest BCUT2D eigenvalue weighted by molar-refractivity contribution is 6.03. The zero-order chi connectivity index (χ0) is 15.5. The fourth-order valence-electron chi connectivity index (χ4n) is 2.21. The van der Waals surface area contributed by atoms with Crippen LogP contribution in [0.1, 0.15) is 10.5 Å². The maximum atomic E-state index is 12.4. The van der Waals surface area contributed by atoms with E-state index in [0.29, 0.717) is 22.9 Å². The number of fused-ring (bicyclic) bond motifs is 1. The normalized spacial score (nSPS) is 10.5. The van der Waals surface area contributed by atoms with Gasteiger partial charge in [-0.15, -0.1) is 0 Å². The summed E-state index contributed by atoms with van der Waals surface area (Å²) < 4.78 is 12.1. The Balaban J connectivity index is 1.88. The van der Waals surface area contributed by atoms with Crippen LogP contribution in [0.15, 0.2) is 48.8 Å². The number of aromatic nitrogens is 2. The van der Waals surface area contributed by atoms with Gasteiger partial charge in [-0.25, -0.2) is 4.98 Å². The van der Waals surface area contributed by atoms with Crippen molar-refractivity contribution in [1.82, 2.24) is 9.38 Å². The van der Waals surface area contributed by atoms with Gasteiger partial charge >= 0.3 is 0 Å². The largest absolute Gasteiger partial charge is 0.493 e. The lowest BCUT2D eigenvalue weighted by Crippen LogP contribution is -2.14. The number of rotatable bonds is 4. The van der Waals surface area contributed by atoms with E-state index in [0.717, 1.165) is 5.65 Å². The number of nitrogens with one attached hydrogen (secondary N) is 1. The molecule has 2 heterocycles. The van der Waals surface area contributed by atoms with Crippen molar-refractivity contribution in [3.05, 3.63) is 54.5 Å². The molecule has 1 amide bonds. The lowest BCUT2D eigenvalue weighted by atomic mass is 10.2. The Morgan fingerprint density at radius 3 is 2.73 bits per heavy atom. The quantitative estimate of drug-likeness (QED) is 0.804. The molecule has 22 heavy (non-hydrogen) atoms. The van der Waals surface area contributed by atoms with Gasteiger partial charge in [0.1, 0.15) is 11.3 Å². The molecule has 0 fully saturated rings. The van der Waals surface area contributed by atoms with Gasteiger partial charge in [0.15, 0.2) is 11.5 Å². The summed E-state index contributed by atoms with van der Waals surface area (Å²) in [6.07, 6.45) is 3.34. The van der Waals surface area contributed by atoms with Crippen LogP contribution in [-0.4, -0.2) is 29.5 Å². The third kappa shape index (κ3) is 2.46. The number of pyridine rings is 1. The molecule has 0 aliphatic heterocycles. The first-order chi connectivity index (χ1) is 10.7. The molecule has 3 aromatic rings. The average Bonchev–Trinajstić information content (AvgIpc) is 2.98. The minimum absolute atomic E-state index is 0.245. The summed E-state index contributed by atoms with van der Waals surface area (Å²) in [7, 11) is 3.11. The fourth-order valence-corrected chi connectivity index (χ4v) is 2.21. The first-order valence-corrected chi connectivity index (χ1v) is 6.68. The summed E-state index contributed by atoms with van der Waals surface area (Å²) in [5.41, 5.74) is 1.80. The van der Waals surface area contributed by atoms with Crippen LogP contribution in [0.4, 0.5) is 5.69 Å². The van der Waals surface area contributed by atoms with Gasteiger partial charge in [0, 0.05) is 18.0 Å². The number of hydrogen-bond donors (Lipinski definition) is 1. The molecule has 1 aromatic carbocycles. The van der Waals surface area contributed by atoms with Crippen LogP contribution in [0.5, 0.6) is 11.5 Å². The molecule has 3 rings (SSSR count). The molecule has 0 spiro atoms. The van der Waals surface area contributed by atoms with Crippen molar-refractivity contribution in [2.45, 2.75) is 0 Å². The lowest BCUT2D eigenvalue weighted by Gasteiger charge is -2.10. The van der Waals surface area contributed by atoms with E-state index < -0.39 is 0 Å². The second-order valence-electron chi connectivity index (χ2n) is 4.60. The standard InChI is InChI=1S/C16H15N3O3/c1-21-13-7-6-11(9-14(13)22-2)18-16(20)12-10-17-15-5-3-4-8-19(12)15/h3-10H,1-2H3,(H,18,20). The van der Waals surface area contributed by atoms with Gasteiger partial charge in [-0.1, -0.05) is 6.07 Å². The summed E-state index contributed by atoms with van der Waals surface area (Å²) in [5.74, 6) is 0.916. The summed E-state index contributed by atoms with van der Waals surface area (Å²) >= 11 is 0. The van der Waals surface area contributed by atoms with Gasteiger partial charge in [0.05, 0.1) is 20.4 Å². The molecule has 112 valence electrons. The Bertz CT molecular complexity index is 826. The Labute approximate surface area is 127 Å². The molecule has 6 heteroatoms. The number of methoxy groups -OCH3 is 2. The van der Waals surface area contributed by atoms with Gasteiger partial charge in [-0.2, -0.15) is 0 Å². The summed E-state index contributed by atoms with van der Waals surface area (Å²) in [6.45, 7) is 0. The van der Waals surface area contributed by atoms with Crippen molar-refractivity contribution in [3.63, 3.8) is 0 Å². The van der Waals surface area contributed by atoms with Crippen LogP contribution in [0.3, 0.4) is 0 Å². The number of amides is 1. The molecule has 0 radical (unpaired) electrons. The van der Waals surface area contributed by atoms with Crippen LogP contribution in [0.2, 0.25) is 0 Å². The van der Waals surface area contributed by atoms with Crippen LogP contribution in [-0.2, 0) is 0 Å². The van der Waals surface area contributed by atoms with E-state index in [1.165, 1.54) is 0 Å². The van der Waals surface area contributed by atoms with E-state index >= 15 is 0 Å². The molecule has 0 unspecified atom stereocenters. The van der Waals surface area contributed by atoms with Crippen LogP contribution in [0, 0.1) is 0 Å². The van der Waals surface area contributed by atoms with E-state index in [4.69, 9.17) is 9.47 Å². The predicted octanol–water partition coefficient (Wildman–Crippen LogP) is 2.60. The van der Waals surface area contributed by atoms with Crippen molar-refractivity contribution < 1.29 is 14.3 Å². The second-order valence-corrected chi connectivity index (χ2v) is 4.60. The maximum absolute atomic E-state index is 12.4. The van der Waals surface area contributed by atoms with E-state index in [1.807, 2.05) is 18.2 Å². The molecule has 0 bridgehead atoms. The molecule has 0 saturated carbocycles. The Hall–Kier alpha value is -3.02. The number of ether oxygens (including phenoxy) is 2. The molecule has 0 saturated heterocycles. The molecule has 0 aliphatic carbocycles. The van der Waals surface area contributed by atoms with Crippen LogP contribution in [0.25, 0.3) is 5.65 Å². The van der Waals surface area contributed by atoms with Gasteiger partial charge in [-0.05, 0) is 24.3 Å². The number of hydrogen-bond acceptors (Lipinski definition) is 4. The van der Waals surface area contributed by atoms with E-state index in [1.54, 1.807) is 49.2 Å². The number of benzene rings is 1. The number of carbonyl (C=O) groups is 1. The Kier molecular flexibility index (Phi) is 3.65. The van der Waals surface area contributed by atoms with Gasteiger partial charge in [0.25, 0.3) is 5.91 Å². The number of imidazole rings is 1. The van der Waals surface area contributed by atoms with Crippen molar-refractivity contribution in [3.8, 4) is 11.5 Å². The molecule has 0 aliphatic rings. The highest BCUT2D eigenvalue weighted by atomic mass is 16.5. The highest BCUT2D eigenvalue weighted by Crippen LogP contribution is 2.29. The number of anilines is 1. The third-order valence-electron chi connectivity index (χ3n) is 3.29. The first kappa shape index (κ1) is 13.9. The van der Waals surface area contributed by atoms with Crippen molar-refractivity contribution in [2.24, 2.45) is 0 Å². The van der Waals surface area contributed by atoms with E-state index in [9.17, 15) is 4.79 Å².